The van der Waals surface area contributed by atoms with E-state index in [-0.39, 0.29) is 5.95 Å². The summed E-state index contributed by atoms with van der Waals surface area (Å²) in [5.74, 6) is 3.10. The first-order valence-corrected chi connectivity index (χ1v) is 11.3. The minimum absolute atomic E-state index is 0.164. The van der Waals surface area contributed by atoms with E-state index in [0.29, 0.717) is 42.0 Å². The maximum absolute atomic E-state index is 5.81. The molecule has 36 heavy (non-hydrogen) atoms. The molecule has 0 aliphatic heterocycles. The smallest absolute Gasteiger partial charge is 0.240 e. The summed E-state index contributed by atoms with van der Waals surface area (Å²) in [4.78, 5) is 16.8. The first kappa shape index (κ1) is 24.5. The number of hydrogen-bond acceptors (Lipinski definition) is 9. The van der Waals surface area contributed by atoms with Crippen LogP contribution < -0.4 is 19.9 Å². The van der Waals surface area contributed by atoms with Crippen molar-refractivity contribution in [1.29, 1.82) is 0 Å². The lowest BCUT2D eigenvalue weighted by Crippen LogP contribution is -2.07. The summed E-state index contributed by atoms with van der Waals surface area (Å²) in [6, 6.07) is 15.4. The van der Waals surface area contributed by atoms with Gasteiger partial charge in [-0.2, -0.15) is 9.67 Å². The number of nitrogen functional groups attached to an aromatic ring is 1. The van der Waals surface area contributed by atoms with Gasteiger partial charge in [-0.3, -0.25) is 0 Å². The molecule has 11 nitrogen and oxygen atoms in total. The van der Waals surface area contributed by atoms with Crippen molar-refractivity contribution in [1.82, 2.24) is 34.3 Å². The quantitative estimate of drug-likeness (QED) is 0.367. The predicted molar refractivity (Wildman–Crippen MR) is 136 cm³/mol. The number of ether oxygens (including phenoxy) is 3. The van der Waals surface area contributed by atoms with Crippen LogP contribution in [-0.4, -0.2) is 55.1 Å². The molecular formula is C25H28N8O3. The zero-order valence-corrected chi connectivity index (χ0v) is 20.6. The van der Waals surface area contributed by atoms with Gasteiger partial charge in [0.2, 0.25) is 11.8 Å². The molecule has 3 heterocycles. The Morgan fingerprint density at radius 3 is 2.50 bits per heavy atom. The summed E-state index contributed by atoms with van der Waals surface area (Å²) >= 11 is 0. The number of hydrogen-bond donors (Lipinski definition) is 1. The highest BCUT2D eigenvalue weighted by Crippen LogP contribution is 2.28. The molecule has 3 aromatic heterocycles. The van der Waals surface area contributed by atoms with Crippen molar-refractivity contribution in [3.63, 3.8) is 0 Å². The number of aryl methyl sites for hydroxylation is 1. The Bertz CT molecular complexity index is 1450. The largest absolute Gasteiger partial charge is 0.493 e. The van der Waals surface area contributed by atoms with Gasteiger partial charge in [0.05, 0.1) is 38.2 Å². The number of fused-ring (bicyclic) bond motifs is 1. The number of benzene rings is 2. The average molecular weight is 489 g/mol. The Labute approximate surface area is 208 Å². The molecule has 0 unspecified atom stereocenters. The van der Waals surface area contributed by atoms with Crippen LogP contribution in [0.5, 0.6) is 17.4 Å². The van der Waals surface area contributed by atoms with Crippen LogP contribution in [0.25, 0.3) is 16.9 Å². The summed E-state index contributed by atoms with van der Waals surface area (Å²) in [5.41, 5.74) is 9.02. The van der Waals surface area contributed by atoms with E-state index in [1.165, 1.54) is 11.8 Å². The number of rotatable bonds is 7. The molecule has 0 atom stereocenters. The van der Waals surface area contributed by atoms with Crippen LogP contribution in [0, 0.1) is 0 Å². The Hall–Kier alpha value is -4.67. The molecule has 0 saturated heterocycles. The van der Waals surface area contributed by atoms with Gasteiger partial charge in [0.1, 0.15) is 12.2 Å². The van der Waals surface area contributed by atoms with E-state index in [9.17, 15) is 0 Å². The zero-order valence-electron chi connectivity index (χ0n) is 20.6. The maximum Gasteiger partial charge on any atom is 0.240 e. The van der Waals surface area contributed by atoms with Crippen molar-refractivity contribution in [2.75, 3.05) is 26.6 Å². The fourth-order valence-corrected chi connectivity index (χ4v) is 3.59. The minimum atomic E-state index is 0.164. The molecule has 2 N–H and O–H groups in total. The topological polar surface area (TPSA) is 128 Å². The number of para-hydroxylation sites is 2. The van der Waals surface area contributed by atoms with Gasteiger partial charge in [0.25, 0.3) is 0 Å². The summed E-state index contributed by atoms with van der Waals surface area (Å²) in [7, 11) is 5.19. The molecule has 0 amide bonds. The summed E-state index contributed by atoms with van der Waals surface area (Å²) in [6.45, 7) is 2.40. The Kier molecular flexibility index (Phi) is 7.59. The maximum atomic E-state index is 5.81. The third-order valence-electron chi connectivity index (χ3n) is 5.27. The second kappa shape index (κ2) is 11.2. The highest BCUT2D eigenvalue weighted by molar-refractivity contribution is 5.74. The van der Waals surface area contributed by atoms with E-state index in [1.54, 1.807) is 25.0 Å². The fraction of sp³-hybridized carbons (Fsp3) is 0.240. The van der Waals surface area contributed by atoms with E-state index in [0.717, 1.165) is 11.1 Å². The van der Waals surface area contributed by atoms with E-state index < -0.39 is 0 Å². The molecule has 0 aliphatic rings. The molecule has 0 aliphatic carbocycles. The number of methoxy groups -OCH3 is 2. The van der Waals surface area contributed by atoms with Gasteiger partial charge in [-0.05, 0) is 36.8 Å². The van der Waals surface area contributed by atoms with Gasteiger partial charge in [-0.15, -0.1) is 5.10 Å². The van der Waals surface area contributed by atoms with Crippen LogP contribution in [0.15, 0.2) is 61.2 Å². The number of nitrogens with zero attached hydrogens (tertiary/aromatic N) is 7. The average Bonchev–Trinajstić information content (AvgIpc) is 3.46. The molecule has 0 bridgehead atoms. The van der Waals surface area contributed by atoms with Gasteiger partial charge < -0.3 is 24.5 Å². The monoisotopic (exact) mass is 488 g/mol. The molecule has 0 saturated carbocycles. The third kappa shape index (κ3) is 5.52. The lowest BCUT2D eigenvalue weighted by Gasteiger charge is -2.10. The number of aromatic nitrogens is 7. The lowest BCUT2D eigenvalue weighted by molar-refractivity contribution is 0.326. The van der Waals surface area contributed by atoms with Crippen LogP contribution in [0.4, 0.5) is 5.95 Å². The van der Waals surface area contributed by atoms with Crippen molar-refractivity contribution < 1.29 is 14.2 Å². The number of anilines is 1. The third-order valence-corrected chi connectivity index (χ3v) is 5.27. The normalized spacial score (nSPS) is 10.6. The first-order valence-electron chi connectivity index (χ1n) is 11.3. The zero-order chi connectivity index (χ0) is 25.5. The Morgan fingerprint density at radius 1 is 0.944 bits per heavy atom. The van der Waals surface area contributed by atoms with Crippen molar-refractivity contribution in [2.45, 2.75) is 13.3 Å². The first-order chi connectivity index (χ1) is 17.5. The molecule has 0 radical (unpaired) electrons. The van der Waals surface area contributed by atoms with Crippen LogP contribution in [0.2, 0.25) is 0 Å². The summed E-state index contributed by atoms with van der Waals surface area (Å²) < 4.78 is 19.6. The highest BCUT2D eigenvalue weighted by Gasteiger charge is 2.14. The second-order valence-electron chi connectivity index (χ2n) is 7.66. The standard InChI is InChI=1S/C17H20N6O3.C8H8N2/c1-4-26-16-9-14(19-10-20-16)23-15(21-17(18)22-23)8-11-5-6-12(24-2)13(7-11)25-3;1-10-6-9-7-4-2-3-5-8(7)10/h5-7,9-10H,4,8H2,1-3H3,(H2,18,22);2-6H,1H3. The van der Waals surface area contributed by atoms with Gasteiger partial charge >= 0.3 is 0 Å². The molecule has 5 rings (SSSR count). The van der Waals surface area contributed by atoms with Crippen LogP contribution in [-0.2, 0) is 13.5 Å². The molecule has 0 spiro atoms. The van der Waals surface area contributed by atoms with Gasteiger partial charge in [0, 0.05) is 19.5 Å². The van der Waals surface area contributed by atoms with Crippen molar-refractivity contribution in [2.24, 2.45) is 7.05 Å². The molecule has 2 aromatic carbocycles. The van der Waals surface area contributed by atoms with E-state index in [2.05, 4.69) is 31.1 Å². The second-order valence-corrected chi connectivity index (χ2v) is 7.66. The van der Waals surface area contributed by atoms with Gasteiger partial charge in [-0.25, -0.2) is 15.0 Å². The molecule has 5 aromatic rings. The van der Waals surface area contributed by atoms with Crippen LogP contribution >= 0.6 is 0 Å². The van der Waals surface area contributed by atoms with Crippen LogP contribution in [0.3, 0.4) is 0 Å². The van der Waals surface area contributed by atoms with Crippen molar-refractivity contribution in [3.8, 4) is 23.2 Å². The molecule has 186 valence electrons. The van der Waals surface area contributed by atoms with E-state index >= 15 is 0 Å². The SMILES string of the molecule is CCOc1cc(-n2nc(N)nc2Cc2ccc(OC)c(OC)c2)ncn1.Cn1cnc2ccccc21. The lowest BCUT2D eigenvalue weighted by atomic mass is 10.1. The number of nitrogens with two attached hydrogens (primary N) is 1. The Balaban J connectivity index is 0.000000251. The molecule has 0 fully saturated rings. The highest BCUT2D eigenvalue weighted by atomic mass is 16.5. The van der Waals surface area contributed by atoms with Gasteiger partial charge in [0.15, 0.2) is 17.3 Å². The van der Waals surface area contributed by atoms with Gasteiger partial charge in [-0.1, -0.05) is 18.2 Å². The Morgan fingerprint density at radius 2 is 1.75 bits per heavy atom. The van der Waals surface area contributed by atoms with Crippen molar-refractivity contribution >= 4 is 17.0 Å². The number of imidazole rings is 1. The predicted octanol–water partition coefficient (Wildman–Crippen LogP) is 3.22. The minimum Gasteiger partial charge on any atom is -0.493 e. The summed E-state index contributed by atoms with van der Waals surface area (Å²) in [5, 5.41) is 4.24. The molecular weight excluding hydrogens is 460 g/mol. The van der Waals surface area contributed by atoms with E-state index in [4.69, 9.17) is 19.9 Å². The molecule has 11 heteroatoms. The fourth-order valence-electron chi connectivity index (χ4n) is 3.59. The van der Waals surface area contributed by atoms with Crippen molar-refractivity contribution in [3.05, 3.63) is 72.6 Å². The van der Waals surface area contributed by atoms with E-state index in [1.807, 2.05) is 61.3 Å². The van der Waals surface area contributed by atoms with Crippen LogP contribution in [0.1, 0.15) is 18.3 Å². The summed E-state index contributed by atoms with van der Waals surface area (Å²) in [6.07, 6.45) is 3.72.